The fraction of sp³-hybridized carbons (Fsp3) is 0.462. The van der Waals surface area contributed by atoms with E-state index in [4.69, 9.17) is 0 Å². The average Bonchev–Trinajstić information content (AvgIpc) is 2.80. The van der Waals surface area contributed by atoms with Crippen LogP contribution in [0.4, 0.5) is 17.3 Å². The number of aromatic nitrogens is 4. The highest BCUT2D eigenvalue weighted by molar-refractivity contribution is 9.10. The molecule has 2 aromatic heterocycles. The van der Waals surface area contributed by atoms with Crippen LogP contribution in [0.1, 0.15) is 26.0 Å². The summed E-state index contributed by atoms with van der Waals surface area (Å²) in [7, 11) is 1.91. The number of anilines is 3. The van der Waals surface area contributed by atoms with Gasteiger partial charge in [0.1, 0.15) is 22.4 Å². The third-order valence-electron chi connectivity index (χ3n) is 2.83. The van der Waals surface area contributed by atoms with E-state index in [1.165, 1.54) is 0 Å². The predicted octanol–water partition coefficient (Wildman–Crippen LogP) is 3.10. The third-order valence-corrected chi connectivity index (χ3v) is 3.58. The van der Waals surface area contributed by atoms with E-state index in [1.54, 1.807) is 11.0 Å². The van der Waals surface area contributed by atoms with Crippen molar-refractivity contribution in [1.82, 2.24) is 19.7 Å². The van der Waals surface area contributed by atoms with E-state index in [0.29, 0.717) is 0 Å². The molecule has 6 nitrogen and oxygen atoms in total. The van der Waals surface area contributed by atoms with Crippen molar-refractivity contribution < 1.29 is 0 Å². The van der Waals surface area contributed by atoms with Crippen molar-refractivity contribution in [2.45, 2.75) is 26.7 Å². The topological polar surface area (TPSA) is 67.7 Å². The molecule has 0 amide bonds. The molecule has 2 rings (SSSR count). The number of hydrogen-bond acceptors (Lipinski definition) is 5. The molecular weight excluding hydrogens is 320 g/mol. The fourth-order valence-electron chi connectivity index (χ4n) is 1.85. The smallest absolute Gasteiger partial charge is 0.150 e. The van der Waals surface area contributed by atoms with Gasteiger partial charge in [-0.2, -0.15) is 5.10 Å². The van der Waals surface area contributed by atoms with E-state index < -0.39 is 0 Å². The third kappa shape index (κ3) is 3.27. The monoisotopic (exact) mass is 338 g/mol. The summed E-state index contributed by atoms with van der Waals surface area (Å²) in [6.07, 6.45) is 5.41. The van der Waals surface area contributed by atoms with Gasteiger partial charge in [-0.15, -0.1) is 0 Å². The quantitative estimate of drug-likeness (QED) is 0.846. The summed E-state index contributed by atoms with van der Waals surface area (Å²) in [5, 5.41) is 11.0. The Morgan fingerprint density at radius 2 is 2.00 bits per heavy atom. The maximum absolute atomic E-state index is 4.41. The van der Waals surface area contributed by atoms with Crippen molar-refractivity contribution in [2.24, 2.45) is 7.05 Å². The maximum Gasteiger partial charge on any atom is 0.150 e. The van der Waals surface area contributed by atoms with E-state index in [-0.39, 0.29) is 0 Å². The van der Waals surface area contributed by atoms with Crippen LogP contribution in [-0.2, 0) is 13.5 Å². The van der Waals surface area contributed by atoms with Gasteiger partial charge in [-0.1, -0.05) is 13.8 Å². The lowest BCUT2D eigenvalue weighted by Crippen LogP contribution is -2.05. The van der Waals surface area contributed by atoms with Gasteiger partial charge in [0, 0.05) is 19.8 Å². The standard InChI is InChI=1S/C13H19BrN6/c1-4-6-15-12-11(14)13(17-8-16-12)18-10-7-20(3)19-9(10)5-2/h7-8H,4-6H2,1-3H3,(H2,15,16,17,18). The lowest BCUT2D eigenvalue weighted by Gasteiger charge is -2.10. The zero-order chi connectivity index (χ0) is 14.5. The molecular formula is C13H19BrN6. The van der Waals surface area contributed by atoms with Crippen LogP contribution in [0.2, 0.25) is 0 Å². The number of nitrogens with zero attached hydrogens (tertiary/aromatic N) is 4. The van der Waals surface area contributed by atoms with Gasteiger partial charge in [0.05, 0.1) is 11.4 Å². The first-order chi connectivity index (χ1) is 9.65. The molecule has 0 saturated carbocycles. The van der Waals surface area contributed by atoms with Gasteiger partial charge in [-0.3, -0.25) is 4.68 Å². The van der Waals surface area contributed by atoms with Crippen molar-refractivity contribution in [3.05, 3.63) is 22.7 Å². The Hall–Kier alpha value is -1.63. The molecule has 108 valence electrons. The Morgan fingerprint density at radius 3 is 2.70 bits per heavy atom. The molecule has 0 unspecified atom stereocenters. The first-order valence-electron chi connectivity index (χ1n) is 6.69. The molecule has 0 saturated heterocycles. The highest BCUT2D eigenvalue weighted by Crippen LogP contribution is 2.29. The Balaban J connectivity index is 2.24. The number of rotatable bonds is 6. The molecule has 2 heterocycles. The molecule has 0 aliphatic heterocycles. The summed E-state index contributed by atoms with van der Waals surface area (Å²) >= 11 is 3.55. The molecule has 2 N–H and O–H groups in total. The summed E-state index contributed by atoms with van der Waals surface area (Å²) in [4.78, 5) is 8.52. The van der Waals surface area contributed by atoms with Gasteiger partial charge in [-0.05, 0) is 28.8 Å². The zero-order valence-corrected chi connectivity index (χ0v) is 13.5. The lowest BCUT2D eigenvalue weighted by atomic mass is 10.3. The molecule has 7 heteroatoms. The second-order valence-electron chi connectivity index (χ2n) is 4.45. The van der Waals surface area contributed by atoms with E-state index >= 15 is 0 Å². The van der Waals surface area contributed by atoms with E-state index in [2.05, 4.69) is 55.5 Å². The van der Waals surface area contributed by atoms with Crippen molar-refractivity contribution in [3.8, 4) is 0 Å². The summed E-state index contributed by atoms with van der Waals surface area (Å²) < 4.78 is 2.63. The SMILES string of the molecule is CCCNc1ncnc(Nc2cn(C)nc2CC)c1Br. The minimum absolute atomic E-state index is 0.737. The molecule has 0 radical (unpaired) electrons. The molecule has 0 aromatic carbocycles. The second-order valence-corrected chi connectivity index (χ2v) is 5.25. The largest absolute Gasteiger partial charge is 0.369 e. The molecule has 0 fully saturated rings. The summed E-state index contributed by atoms with van der Waals surface area (Å²) in [5.41, 5.74) is 1.98. The summed E-state index contributed by atoms with van der Waals surface area (Å²) in [5.74, 6) is 1.53. The fourth-order valence-corrected chi connectivity index (χ4v) is 2.30. The van der Waals surface area contributed by atoms with Crippen LogP contribution in [0.15, 0.2) is 17.0 Å². The van der Waals surface area contributed by atoms with E-state index in [9.17, 15) is 0 Å². The number of nitrogens with one attached hydrogen (secondary N) is 2. The normalized spacial score (nSPS) is 10.6. The Kier molecular flexibility index (Phi) is 4.94. The number of hydrogen-bond donors (Lipinski definition) is 2. The number of aryl methyl sites for hydroxylation is 2. The minimum atomic E-state index is 0.737. The van der Waals surface area contributed by atoms with Gasteiger partial charge >= 0.3 is 0 Å². The van der Waals surface area contributed by atoms with Crippen LogP contribution in [0.5, 0.6) is 0 Å². The van der Waals surface area contributed by atoms with Crippen LogP contribution < -0.4 is 10.6 Å². The predicted molar refractivity (Wildman–Crippen MR) is 84.4 cm³/mol. The molecule has 0 bridgehead atoms. The van der Waals surface area contributed by atoms with Crippen molar-refractivity contribution in [2.75, 3.05) is 17.2 Å². The molecule has 0 spiro atoms. The van der Waals surface area contributed by atoms with Crippen molar-refractivity contribution in [1.29, 1.82) is 0 Å². The molecule has 0 aliphatic rings. The van der Waals surface area contributed by atoms with Crippen molar-refractivity contribution in [3.63, 3.8) is 0 Å². The van der Waals surface area contributed by atoms with Gasteiger partial charge in [0.15, 0.2) is 0 Å². The summed E-state index contributed by atoms with van der Waals surface area (Å²) in [6.45, 7) is 5.07. The van der Waals surface area contributed by atoms with Crippen LogP contribution in [0.25, 0.3) is 0 Å². The van der Waals surface area contributed by atoms with Gasteiger partial charge in [0.25, 0.3) is 0 Å². The molecule has 0 aliphatic carbocycles. The van der Waals surface area contributed by atoms with Gasteiger partial charge in [0.2, 0.25) is 0 Å². The van der Waals surface area contributed by atoms with Gasteiger partial charge in [-0.25, -0.2) is 9.97 Å². The van der Waals surface area contributed by atoms with Crippen LogP contribution >= 0.6 is 15.9 Å². The van der Waals surface area contributed by atoms with Crippen molar-refractivity contribution >= 4 is 33.3 Å². The lowest BCUT2D eigenvalue weighted by molar-refractivity contribution is 0.746. The first kappa shape index (κ1) is 14.8. The van der Waals surface area contributed by atoms with Gasteiger partial charge < -0.3 is 10.6 Å². The van der Waals surface area contributed by atoms with Crippen LogP contribution in [-0.4, -0.2) is 26.3 Å². The maximum atomic E-state index is 4.41. The second kappa shape index (κ2) is 6.69. The first-order valence-corrected chi connectivity index (χ1v) is 7.48. The Morgan fingerprint density at radius 1 is 1.25 bits per heavy atom. The molecule has 20 heavy (non-hydrogen) atoms. The molecule has 2 aromatic rings. The molecule has 0 atom stereocenters. The minimum Gasteiger partial charge on any atom is -0.369 e. The van der Waals surface area contributed by atoms with Crippen LogP contribution in [0, 0.1) is 0 Å². The highest BCUT2D eigenvalue weighted by atomic mass is 79.9. The number of halogens is 1. The Labute approximate surface area is 127 Å². The zero-order valence-electron chi connectivity index (χ0n) is 11.9. The summed E-state index contributed by atoms with van der Waals surface area (Å²) in [6, 6.07) is 0. The van der Waals surface area contributed by atoms with Crippen LogP contribution in [0.3, 0.4) is 0 Å². The Bertz CT molecular complexity index is 580. The highest BCUT2D eigenvalue weighted by Gasteiger charge is 2.12. The average molecular weight is 339 g/mol. The van der Waals surface area contributed by atoms with E-state index in [1.807, 2.05) is 13.2 Å². The van der Waals surface area contributed by atoms with E-state index in [0.717, 1.165) is 46.9 Å².